The number of rotatable bonds is 3. The van der Waals surface area contributed by atoms with Crippen molar-refractivity contribution in [1.82, 2.24) is 0 Å². The van der Waals surface area contributed by atoms with Gasteiger partial charge in [0.25, 0.3) is 0 Å². The van der Waals surface area contributed by atoms with Crippen LogP contribution in [0.25, 0.3) is 0 Å². The van der Waals surface area contributed by atoms with Crippen molar-refractivity contribution in [3.8, 4) is 5.75 Å². The molecular formula is C7H9O10P3+2. The molecule has 0 unspecified atom stereocenters. The third-order valence-corrected chi connectivity index (χ3v) is 6.67. The molecule has 110 valence electrons. The van der Waals surface area contributed by atoms with Gasteiger partial charge < -0.3 is 9.63 Å². The molecule has 20 heavy (non-hydrogen) atoms. The Bertz CT molecular complexity index is 503. The predicted molar refractivity (Wildman–Crippen MR) is 66.9 cm³/mol. The van der Waals surface area contributed by atoms with Gasteiger partial charge in [-0.05, 0) is 20.8 Å². The van der Waals surface area contributed by atoms with Gasteiger partial charge in [-0.1, -0.05) is 12.1 Å². The zero-order chi connectivity index (χ0) is 15.0. The van der Waals surface area contributed by atoms with E-state index in [1.54, 1.807) is 0 Å². The van der Waals surface area contributed by atoms with Gasteiger partial charge in [0.05, 0.1) is 4.31 Å². The molecule has 0 radical (unpaired) electrons. The molecule has 0 aromatic heterocycles. The second kappa shape index (κ2) is 5.71. The van der Waals surface area contributed by atoms with E-state index in [0.717, 1.165) is 0 Å². The average Bonchev–Trinajstić information content (AvgIpc) is 2.24. The van der Waals surface area contributed by atoms with Crippen LogP contribution in [-0.2, 0) is 12.9 Å². The summed E-state index contributed by atoms with van der Waals surface area (Å²) >= 11 is 0. The molecule has 1 heterocycles. The van der Waals surface area contributed by atoms with Crippen LogP contribution in [0.1, 0.15) is 10.4 Å². The highest BCUT2D eigenvalue weighted by Crippen LogP contribution is 2.82. The maximum absolute atomic E-state index is 11.0. The summed E-state index contributed by atoms with van der Waals surface area (Å²) in [5.41, 5.74) is -0.242. The Balaban J connectivity index is 2.20. The van der Waals surface area contributed by atoms with Gasteiger partial charge in [0.2, 0.25) is 0 Å². The third-order valence-electron chi connectivity index (χ3n) is 1.85. The monoisotopic (exact) mass is 346 g/mol. The highest BCUT2D eigenvalue weighted by molar-refractivity contribution is 7.77. The van der Waals surface area contributed by atoms with Gasteiger partial charge in [-0.15, -0.1) is 0 Å². The fourth-order valence-corrected chi connectivity index (χ4v) is 5.44. The van der Waals surface area contributed by atoms with Crippen molar-refractivity contribution in [2.75, 3.05) is 0 Å². The van der Waals surface area contributed by atoms with Crippen molar-refractivity contribution in [1.29, 1.82) is 0 Å². The lowest BCUT2D eigenvalue weighted by Gasteiger charge is -2.20. The molecule has 1 fully saturated rings. The first kappa shape index (κ1) is 15.9. The third kappa shape index (κ3) is 4.00. The smallest absolute Gasteiger partial charge is 0.478 e. The summed E-state index contributed by atoms with van der Waals surface area (Å²) in [7, 11) is -11.7. The normalized spacial score (nSPS) is 21.4. The molecule has 0 atom stereocenters. The van der Waals surface area contributed by atoms with Crippen molar-refractivity contribution >= 4 is 30.9 Å². The average molecular weight is 346 g/mol. The molecule has 13 heteroatoms. The SMILES string of the molecule is O=C(O)c1ccccc1OP1O[P+](O)(O)O[P+](O)(O)O1. The lowest BCUT2D eigenvalue weighted by Crippen LogP contribution is -2.12. The molecule has 0 spiro atoms. The lowest BCUT2D eigenvalue weighted by atomic mass is 10.2. The summed E-state index contributed by atoms with van der Waals surface area (Å²) in [4.78, 5) is 47.8. The van der Waals surface area contributed by atoms with Gasteiger partial charge in [0.15, 0.2) is 0 Å². The van der Waals surface area contributed by atoms with Gasteiger partial charge in [0, 0.05) is 0 Å². The molecule has 10 nitrogen and oxygen atoms in total. The first-order chi connectivity index (χ1) is 9.19. The summed E-state index contributed by atoms with van der Waals surface area (Å²) in [6, 6.07) is 5.39. The molecule has 0 bridgehead atoms. The van der Waals surface area contributed by atoms with Crippen molar-refractivity contribution in [2.24, 2.45) is 0 Å². The van der Waals surface area contributed by atoms with E-state index in [1.807, 2.05) is 0 Å². The molecule has 1 saturated heterocycles. The van der Waals surface area contributed by atoms with Crippen LogP contribution in [0, 0.1) is 0 Å². The van der Waals surface area contributed by atoms with Crippen LogP contribution in [-0.4, -0.2) is 30.6 Å². The lowest BCUT2D eigenvalue weighted by molar-refractivity contribution is 0.0695. The minimum Gasteiger partial charge on any atom is -0.478 e. The molecule has 1 aromatic rings. The minimum absolute atomic E-state index is 0.201. The molecule has 1 aromatic carbocycles. The fraction of sp³-hybridized carbons (Fsp3) is 0. The van der Waals surface area contributed by atoms with Crippen LogP contribution in [0.15, 0.2) is 24.3 Å². The van der Waals surface area contributed by atoms with Crippen molar-refractivity contribution < 1.29 is 46.9 Å². The van der Waals surface area contributed by atoms with Crippen molar-refractivity contribution in [3.05, 3.63) is 29.8 Å². The van der Waals surface area contributed by atoms with Crippen molar-refractivity contribution in [3.63, 3.8) is 0 Å². The fourth-order valence-electron chi connectivity index (χ4n) is 1.19. The molecule has 0 saturated carbocycles. The van der Waals surface area contributed by atoms with Crippen LogP contribution in [0.5, 0.6) is 5.75 Å². The van der Waals surface area contributed by atoms with Crippen LogP contribution < -0.4 is 4.52 Å². The van der Waals surface area contributed by atoms with E-state index < -0.39 is 30.9 Å². The van der Waals surface area contributed by atoms with Gasteiger partial charge in [-0.3, -0.25) is 0 Å². The molecule has 1 aliphatic heterocycles. The van der Waals surface area contributed by atoms with E-state index in [2.05, 4.69) is 12.9 Å². The second-order valence-electron chi connectivity index (χ2n) is 3.34. The van der Waals surface area contributed by atoms with Crippen LogP contribution in [0.3, 0.4) is 0 Å². The maximum Gasteiger partial charge on any atom is 0.629 e. The Hall–Kier alpha value is -0.500. The number of hydrogen-bond donors (Lipinski definition) is 5. The Morgan fingerprint density at radius 1 is 1.10 bits per heavy atom. The molecular weight excluding hydrogens is 337 g/mol. The van der Waals surface area contributed by atoms with E-state index in [0.29, 0.717) is 0 Å². The van der Waals surface area contributed by atoms with Crippen molar-refractivity contribution in [2.45, 2.75) is 0 Å². The number of benzene rings is 1. The molecule has 0 aliphatic carbocycles. The zero-order valence-corrected chi connectivity index (χ0v) is 12.1. The number of carboxylic acid groups (broad SMARTS) is 1. The molecule has 0 amide bonds. The second-order valence-corrected chi connectivity index (χ2v) is 7.89. The van der Waals surface area contributed by atoms with Crippen LogP contribution in [0.4, 0.5) is 0 Å². The Labute approximate surface area is 114 Å². The summed E-state index contributed by atoms with van der Waals surface area (Å²) in [5.74, 6) is -1.50. The molecule has 2 rings (SSSR count). The Morgan fingerprint density at radius 3 is 2.20 bits per heavy atom. The van der Waals surface area contributed by atoms with Crippen LogP contribution in [0.2, 0.25) is 0 Å². The van der Waals surface area contributed by atoms with Gasteiger partial charge >= 0.3 is 30.9 Å². The highest BCUT2D eigenvalue weighted by Gasteiger charge is 2.71. The maximum atomic E-state index is 11.0. The summed E-state index contributed by atoms with van der Waals surface area (Å²) in [6.45, 7) is 0. The summed E-state index contributed by atoms with van der Waals surface area (Å²) in [6.07, 6.45) is 0. The largest absolute Gasteiger partial charge is 0.629 e. The number of carbonyl (C=O) groups is 1. The van der Waals surface area contributed by atoms with E-state index in [4.69, 9.17) is 9.63 Å². The van der Waals surface area contributed by atoms with E-state index in [1.165, 1.54) is 24.3 Å². The van der Waals surface area contributed by atoms with Gasteiger partial charge in [0.1, 0.15) is 11.3 Å². The highest BCUT2D eigenvalue weighted by atomic mass is 31.4. The Kier molecular flexibility index (Phi) is 4.53. The van der Waals surface area contributed by atoms with Crippen LogP contribution >= 0.6 is 24.9 Å². The topological polar surface area (TPSA) is 155 Å². The van der Waals surface area contributed by atoms with E-state index in [9.17, 15) is 24.4 Å². The van der Waals surface area contributed by atoms with E-state index in [-0.39, 0.29) is 11.3 Å². The Morgan fingerprint density at radius 2 is 1.65 bits per heavy atom. The summed E-state index contributed by atoms with van der Waals surface area (Å²) < 4.78 is 18.0. The zero-order valence-electron chi connectivity index (χ0n) is 9.43. The molecule has 1 aliphatic rings. The predicted octanol–water partition coefficient (Wildman–Crippen LogP) is 1.38. The standard InChI is InChI=1S/C7H8O10P3/c8-7(9)5-3-1-2-4-6(5)14-18-15-19(10,11)17-20(12,13)16-18/h1-4,10-13H/q+1/p+1. The number of hydrogen-bond acceptors (Lipinski definition) is 9. The minimum atomic E-state index is -4.51. The first-order valence-electron chi connectivity index (χ1n) is 4.79. The number of carboxylic acids is 1. The van der Waals surface area contributed by atoms with Gasteiger partial charge in [-0.2, -0.15) is 19.6 Å². The van der Waals surface area contributed by atoms with Gasteiger partial charge in [-0.25, -0.2) is 4.79 Å². The first-order valence-corrected chi connectivity index (χ1v) is 8.94. The number of para-hydroxylation sites is 1. The number of aromatic carboxylic acids is 1. The molecule has 5 N–H and O–H groups in total. The quantitative estimate of drug-likeness (QED) is 0.507. The van der Waals surface area contributed by atoms with E-state index >= 15 is 0 Å². The summed E-state index contributed by atoms with van der Waals surface area (Å²) in [5, 5.41) is 8.94.